The second-order valence-electron chi connectivity index (χ2n) is 21.4. The number of rotatable bonds is 52. The van der Waals surface area contributed by atoms with Crippen LogP contribution in [0.2, 0.25) is 0 Å². The second-order valence-corrected chi connectivity index (χ2v) is 21.4. The van der Waals surface area contributed by atoms with Crippen LogP contribution in [0.4, 0.5) is 0 Å². The molecule has 1 rings (SSSR count). The fraction of sp³-hybridized carbons (Fsp3) is 0.785. The average Bonchev–Trinajstić information content (AvgIpc) is 3.42. The van der Waals surface area contributed by atoms with Gasteiger partial charge >= 0.3 is 5.97 Å². The van der Waals surface area contributed by atoms with Gasteiger partial charge in [-0.25, -0.2) is 0 Å². The zero-order valence-electron chi connectivity index (χ0n) is 48.6. The summed E-state index contributed by atoms with van der Waals surface area (Å²) in [6.07, 6.45) is 56.7. The van der Waals surface area contributed by atoms with Crippen LogP contribution in [-0.4, -0.2) is 99.6 Å². The molecule has 11 heteroatoms. The van der Waals surface area contributed by atoms with Crippen LogP contribution in [0.3, 0.4) is 0 Å². The number of hydrogen-bond acceptors (Lipinski definition) is 10. The van der Waals surface area contributed by atoms with Gasteiger partial charge in [-0.3, -0.25) is 9.59 Å². The van der Waals surface area contributed by atoms with E-state index in [0.717, 1.165) is 77.0 Å². The molecule has 1 saturated heterocycles. The van der Waals surface area contributed by atoms with Gasteiger partial charge in [-0.15, -0.1) is 0 Å². The Kier molecular flexibility index (Phi) is 49.4. The van der Waals surface area contributed by atoms with Crippen LogP contribution >= 0.6 is 0 Å². The first-order chi connectivity index (χ1) is 37.2. The van der Waals surface area contributed by atoms with Gasteiger partial charge in [0.25, 0.3) is 0 Å². The van der Waals surface area contributed by atoms with Gasteiger partial charge in [-0.05, 0) is 64.2 Å². The van der Waals surface area contributed by atoms with Crippen LogP contribution in [0.25, 0.3) is 0 Å². The number of ether oxygens (including phenoxy) is 3. The molecular formula is C65H115NO10. The van der Waals surface area contributed by atoms with Crippen molar-refractivity contribution in [3.8, 4) is 0 Å². The van der Waals surface area contributed by atoms with E-state index in [0.29, 0.717) is 12.8 Å². The number of nitrogens with one attached hydrogen (secondary N) is 1. The fourth-order valence-electron chi connectivity index (χ4n) is 9.45. The molecule has 1 heterocycles. The van der Waals surface area contributed by atoms with E-state index in [2.05, 4.69) is 74.7 Å². The van der Waals surface area contributed by atoms with Crippen molar-refractivity contribution in [2.24, 2.45) is 0 Å². The van der Waals surface area contributed by atoms with Crippen molar-refractivity contribution in [2.75, 3.05) is 13.2 Å². The molecule has 0 spiro atoms. The predicted molar refractivity (Wildman–Crippen MR) is 315 cm³/mol. The van der Waals surface area contributed by atoms with Gasteiger partial charge in [0.15, 0.2) is 12.4 Å². The van der Waals surface area contributed by atoms with Crippen LogP contribution in [0, 0.1) is 0 Å². The maximum atomic E-state index is 13.4. The predicted octanol–water partition coefficient (Wildman–Crippen LogP) is 14.8. The summed E-state index contributed by atoms with van der Waals surface area (Å²) in [6, 6.07) is -1.05. The molecule has 76 heavy (non-hydrogen) atoms. The van der Waals surface area contributed by atoms with E-state index in [1.54, 1.807) is 6.08 Å². The molecule has 8 atom stereocenters. The lowest BCUT2D eigenvalue weighted by atomic mass is 9.99. The normalized spacial score (nSPS) is 19.6. The average molecular weight is 1070 g/mol. The summed E-state index contributed by atoms with van der Waals surface area (Å²) in [5.41, 5.74) is 0. The van der Waals surface area contributed by atoms with Crippen LogP contribution in [0.15, 0.2) is 72.9 Å². The molecule has 1 aliphatic heterocycles. The first kappa shape index (κ1) is 71.1. The number of carbonyl (C=O) groups excluding carboxylic acids is 2. The van der Waals surface area contributed by atoms with Crippen LogP contribution in [-0.2, 0) is 23.8 Å². The quantitative estimate of drug-likeness (QED) is 0.0195. The van der Waals surface area contributed by atoms with Gasteiger partial charge in [-0.2, -0.15) is 0 Å². The lowest BCUT2D eigenvalue weighted by molar-refractivity contribution is -0.305. The first-order valence-corrected chi connectivity index (χ1v) is 31.2. The van der Waals surface area contributed by atoms with Crippen molar-refractivity contribution < 1.29 is 49.3 Å². The fourth-order valence-corrected chi connectivity index (χ4v) is 9.45. The summed E-state index contributed by atoms with van der Waals surface area (Å²) >= 11 is 0. The van der Waals surface area contributed by atoms with Crippen molar-refractivity contribution in [3.05, 3.63) is 72.9 Å². The van der Waals surface area contributed by atoms with Gasteiger partial charge in [0.2, 0.25) is 5.91 Å². The molecule has 6 N–H and O–H groups in total. The molecular weight excluding hydrogens is 955 g/mol. The van der Waals surface area contributed by atoms with Crippen molar-refractivity contribution in [2.45, 2.75) is 314 Å². The van der Waals surface area contributed by atoms with E-state index >= 15 is 0 Å². The summed E-state index contributed by atoms with van der Waals surface area (Å²) in [4.78, 5) is 26.5. The number of carbonyl (C=O) groups is 2. The van der Waals surface area contributed by atoms with Crippen LogP contribution < -0.4 is 5.32 Å². The SMILES string of the molecule is CC/C=C\C/C=C\C/C=C\C/C=C\C/C=C\CCC(O)C(=O)NC(COC1OC(CO)C(O)C(O)C1OC(=O)CCCCCCCCCCCCCCCCCCCCC)C(O)/C=C/CCCCCCCCCCCC. The zero-order chi connectivity index (χ0) is 55.4. The third-order valence-corrected chi connectivity index (χ3v) is 14.4. The maximum absolute atomic E-state index is 13.4. The second kappa shape index (κ2) is 52.8. The maximum Gasteiger partial charge on any atom is 0.306 e. The van der Waals surface area contributed by atoms with Crippen LogP contribution in [0.5, 0.6) is 0 Å². The molecule has 0 aliphatic carbocycles. The third kappa shape index (κ3) is 40.3. The number of aliphatic hydroxyl groups excluding tert-OH is 5. The van der Waals surface area contributed by atoms with Gasteiger partial charge < -0.3 is 45.1 Å². The number of esters is 1. The first-order valence-electron chi connectivity index (χ1n) is 31.2. The van der Waals surface area contributed by atoms with Gasteiger partial charge in [0.1, 0.15) is 24.4 Å². The number of hydrogen-bond donors (Lipinski definition) is 6. The summed E-state index contributed by atoms with van der Waals surface area (Å²) in [7, 11) is 0. The molecule has 1 fully saturated rings. The highest BCUT2D eigenvalue weighted by Gasteiger charge is 2.47. The molecule has 1 amide bonds. The van der Waals surface area contributed by atoms with E-state index in [-0.39, 0.29) is 19.4 Å². The summed E-state index contributed by atoms with van der Waals surface area (Å²) in [5.74, 6) is -1.25. The van der Waals surface area contributed by atoms with Crippen molar-refractivity contribution in [3.63, 3.8) is 0 Å². The van der Waals surface area contributed by atoms with Crippen molar-refractivity contribution >= 4 is 11.9 Å². The highest BCUT2D eigenvalue weighted by atomic mass is 16.7. The largest absolute Gasteiger partial charge is 0.454 e. The van der Waals surface area contributed by atoms with E-state index in [1.807, 2.05) is 18.2 Å². The monoisotopic (exact) mass is 1070 g/mol. The number of amides is 1. The number of unbranched alkanes of at least 4 members (excludes halogenated alkanes) is 28. The minimum atomic E-state index is -1.62. The molecule has 11 nitrogen and oxygen atoms in total. The molecule has 0 aromatic rings. The number of aliphatic hydroxyl groups is 5. The Labute approximate surface area is 464 Å². The topological polar surface area (TPSA) is 175 Å². The summed E-state index contributed by atoms with van der Waals surface area (Å²) < 4.78 is 17.6. The Hall–Kier alpha value is -2.90. The summed E-state index contributed by atoms with van der Waals surface area (Å²) in [6.45, 7) is 5.65. The molecule has 440 valence electrons. The molecule has 1 aliphatic rings. The lowest BCUT2D eigenvalue weighted by Crippen LogP contribution is -2.61. The lowest BCUT2D eigenvalue weighted by Gasteiger charge is -2.41. The highest BCUT2D eigenvalue weighted by Crippen LogP contribution is 2.26. The molecule has 8 unspecified atom stereocenters. The standard InChI is InChI=1S/C65H115NO10/c1-4-7-10-13-16-19-22-25-27-29-30-31-33-35-38-41-44-47-50-53-60(70)76-63-62(72)61(71)59(54-67)75-65(63)74-55-56(57(68)51-48-45-42-39-36-24-21-18-15-12-9-6-3)66-64(73)58(69)52-49-46-43-40-37-34-32-28-26-23-20-17-14-11-8-5-2/h8,11,17,20,26,28,34,37,43,46,48,51,56-59,61-63,65,67-69,71-72H,4-7,9-10,12-16,18-19,21-25,27,29-33,35-36,38-42,44-45,47,49-50,52-55H2,1-3H3,(H,66,73)/b11-8-,20-17-,28-26-,37-34-,46-43-,51-48+. The van der Waals surface area contributed by atoms with E-state index < -0.39 is 67.4 Å². The van der Waals surface area contributed by atoms with Gasteiger partial charge in [0.05, 0.1) is 25.4 Å². The molecule has 0 saturated carbocycles. The molecule has 0 aromatic carbocycles. The minimum absolute atomic E-state index is 0.118. The van der Waals surface area contributed by atoms with Gasteiger partial charge in [-0.1, -0.05) is 267 Å². The zero-order valence-corrected chi connectivity index (χ0v) is 48.6. The minimum Gasteiger partial charge on any atom is -0.454 e. The highest BCUT2D eigenvalue weighted by molar-refractivity contribution is 5.80. The summed E-state index contributed by atoms with van der Waals surface area (Å²) in [5, 5.41) is 56.9. The Morgan fingerprint density at radius 1 is 0.526 bits per heavy atom. The van der Waals surface area contributed by atoms with Crippen LogP contribution in [0.1, 0.15) is 265 Å². The van der Waals surface area contributed by atoms with E-state index in [9.17, 15) is 35.1 Å². The van der Waals surface area contributed by atoms with E-state index in [4.69, 9.17) is 14.2 Å². The molecule has 0 radical (unpaired) electrons. The Morgan fingerprint density at radius 2 is 0.947 bits per heavy atom. The Balaban J connectivity index is 2.70. The van der Waals surface area contributed by atoms with Crippen molar-refractivity contribution in [1.82, 2.24) is 5.32 Å². The smallest absolute Gasteiger partial charge is 0.306 e. The number of allylic oxidation sites excluding steroid dienone is 11. The molecule has 0 bridgehead atoms. The van der Waals surface area contributed by atoms with E-state index in [1.165, 1.54) is 141 Å². The third-order valence-electron chi connectivity index (χ3n) is 14.4. The molecule has 0 aromatic heterocycles. The Bertz CT molecular complexity index is 1510. The van der Waals surface area contributed by atoms with Gasteiger partial charge in [0, 0.05) is 6.42 Å². The van der Waals surface area contributed by atoms with Crippen molar-refractivity contribution in [1.29, 1.82) is 0 Å². The Morgan fingerprint density at radius 3 is 1.39 bits per heavy atom.